The van der Waals surface area contributed by atoms with Gasteiger partial charge in [-0.2, -0.15) is 0 Å². The lowest BCUT2D eigenvalue weighted by Crippen LogP contribution is -2.46. The van der Waals surface area contributed by atoms with Gasteiger partial charge in [0.2, 0.25) is 0 Å². The third-order valence-electron chi connectivity index (χ3n) is 3.35. The lowest BCUT2D eigenvalue weighted by Gasteiger charge is -2.29. The Morgan fingerprint density at radius 3 is 2.81 bits per heavy atom. The maximum atomic E-state index is 13.5. The molecule has 0 saturated carbocycles. The van der Waals surface area contributed by atoms with E-state index in [-0.39, 0.29) is 11.7 Å². The van der Waals surface area contributed by atoms with Gasteiger partial charge in [-0.25, -0.2) is 4.39 Å². The Hall–Kier alpha value is -1.66. The predicted molar refractivity (Wildman–Crippen MR) is 76.6 cm³/mol. The lowest BCUT2D eigenvalue weighted by molar-refractivity contribution is -0.142. The summed E-state index contributed by atoms with van der Waals surface area (Å²) in [5, 5.41) is 0. The Balaban J connectivity index is 2.01. The molecule has 2 N–H and O–H groups in total. The van der Waals surface area contributed by atoms with Crippen LogP contribution in [0.4, 0.5) is 4.39 Å². The Morgan fingerprint density at radius 1 is 1.43 bits per heavy atom. The van der Waals surface area contributed by atoms with Crippen LogP contribution in [0.5, 0.6) is 5.75 Å². The van der Waals surface area contributed by atoms with E-state index in [0.29, 0.717) is 45.0 Å². The summed E-state index contributed by atoms with van der Waals surface area (Å²) >= 11 is 0. The van der Waals surface area contributed by atoms with E-state index < -0.39 is 6.10 Å². The van der Waals surface area contributed by atoms with Gasteiger partial charge in [0.05, 0.1) is 13.2 Å². The second kappa shape index (κ2) is 7.38. The topological polar surface area (TPSA) is 64.8 Å². The van der Waals surface area contributed by atoms with Crippen molar-refractivity contribution in [3.8, 4) is 5.75 Å². The molecule has 0 aromatic heterocycles. The van der Waals surface area contributed by atoms with Crippen LogP contribution >= 0.6 is 0 Å². The number of ether oxygens (including phenoxy) is 2. The van der Waals surface area contributed by atoms with Crippen LogP contribution in [0, 0.1) is 5.82 Å². The van der Waals surface area contributed by atoms with Gasteiger partial charge in [-0.15, -0.1) is 0 Å². The molecule has 1 aromatic carbocycles. The molecule has 21 heavy (non-hydrogen) atoms. The van der Waals surface area contributed by atoms with Crippen molar-refractivity contribution in [2.75, 3.05) is 32.8 Å². The zero-order valence-corrected chi connectivity index (χ0v) is 12.2. The Bertz CT molecular complexity index is 490. The molecular weight excluding hydrogens is 275 g/mol. The van der Waals surface area contributed by atoms with Crippen molar-refractivity contribution >= 4 is 5.91 Å². The first-order valence-corrected chi connectivity index (χ1v) is 7.13. The van der Waals surface area contributed by atoms with E-state index in [0.717, 1.165) is 5.56 Å². The van der Waals surface area contributed by atoms with Gasteiger partial charge in [0.15, 0.2) is 6.10 Å². The smallest absolute Gasteiger partial charge is 0.263 e. The van der Waals surface area contributed by atoms with E-state index >= 15 is 0 Å². The van der Waals surface area contributed by atoms with Crippen molar-refractivity contribution < 1.29 is 18.7 Å². The molecule has 1 heterocycles. The quantitative estimate of drug-likeness (QED) is 0.879. The Labute approximate surface area is 123 Å². The first-order valence-electron chi connectivity index (χ1n) is 7.13. The van der Waals surface area contributed by atoms with Crippen LogP contribution < -0.4 is 10.5 Å². The lowest BCUT2D eigenvalue weighted by atomic mass is 10.1. The van der Waals surface area contributed by atoms with Crippen molar-refractivity contribution in [3.63, 3.8) is 0 Å². The number of nitrogens with two attached hydrogens (primary N) is 1. The first-order chi connectivity index (χ1) is 10.1. The minimum Gasteiger partial charge on any atom is -0.481 e. The Morgan fingerprint density at radius 2 is 2.14 bits per heavy atom. The van der Waals surface area contributed by atoms with Gasteiger partial charge in [0.25, 0.3) is 5.91 Å². The molecule has 2 rings (SSSR count). The van der Waals surface area contributed by atoms with Crippen LogP contribution in [0.1, 0.15) is 12.5 Å². The number of benzene rings is 1. The molecule has 5 nitrogen and oxygen atoms in total. The summed E-state index contributed by atoms with van der Waals surface area (Å²) in [6, 6.07) is 4.43. The number of nitrogens with zero attached hydrogens (tertiary/aromatic N) is 1. The number of hydrogen-bond donors (Lipinski definition) is 1. The molecular formula is C15H21FN2O3. The number of carbonyl (C=O) groups excluding carboxylic acids is 1. The molecule has 1 aliphatic rings. The second-order valence-electron chi connectivity index (χ2n) is 5.03. The highest BCUT2D eigenvalue weighted by molar-refractivity contribution is 5.81. The van der Waals surface area contributed by atoms with Crippen molar-refractivity contribution in [1.82, 2.24) is 4.90 Å². The minimum atomic E-state index is -0.657. The summed E-state index contributed by atoms with van der Waals surface area (Å²) in [7, 11) is 0. The summed E-state index contributed by atoms with van der Waals surface area (Å²) in [6.07, 6.45) is -0.0875. The molecule has 0 bridgehead atoms. The van der Waals surface area contributed by atoms with Crippen molar-refractivity contribution in [2.45, 2.75) is 19.4 Å². The minimum absolute atomic E-state index is 0.108. The molecule has 1 unspecified atom stereocenters. The molecule has 6 heteroatoms. The van der Waals surface area contributed by atoms with Gasteiger partial charge in [0, 0.05) is 19.2 Å². The standard InChI is InChI=1S/C15H21FN2O3/c1-11(15(19)18-4-6-20-7-5-18)21-14-9-12(2-3-17)8-13(16)10-14/h8-11H,2-7,17H2,1H3. The molecule has 116 valence electrons. The van der Waals surface area contributed by atoms with Crippen LogP contribution in [0.3, 0.4) is 0 Å². The molecule has 0 aliphatic carbocycles. The van der Waals surface area contributed by atoms with Crippen molar-refractivity contribution in [2.24, 2.45) is 5.73 Å². The molecule has 1 fully saturated rings. The van der Waals surface area contributed by atoms with Gasteiger partial charge in [-0.05, 0) is 37.6 Å². The predicted octanol–water partition coefficient (Wildman–Crippen LogP) is 0.953. The van der Waals surface area contributed by atoms with Gasteiger partial charge >= 0.3 is 0 Å². The fraction of sp³-hybridized carbons (Fsp3) is 0.533. The van der Waals surface area contributed by atoms with E-state index in [1.54, 1.807) is 17.9 Å². The largest absolute Gasteiger partial charge is 0.481 e. The van der Waals surface area contributed by atoms with Crippen LogP contribution in [0.15, 0.2) is 18.2 Å². The van der Waals surface area contributed by atoms with Crippen LogP contribution in [0.2, 0.25) is 0 Å². The number of morpholine rings is 1. The Kier molecular flexibility index (Phi) is 5.52. The average molecular weight is 296 g/mol. The zero-order chi connectivity index (χ0) is 15.2. The van der Waals surface area contributed by atoms with Gasteiger partial charge in [0.1, 0.15) is 11.6 Å². The number of amides is 1. The van der Waals surface area contributed by atoms with Gasteiger partial charge in [-0.3, -0.25) is 4.79 Å². The van der Waals surface area contributed by atoms with Crippen molar-refractivity contribution in [1.29, 1.82) is 0 Å². The fourth-order valence-electron chi connectivity index (χ4n) is 2.30. The third-order valence-corrected chi connectivity index (χ3v) is 3.35. The average Bonchev–Trinajstić information content (AvgIpc) is 2.47. The number of halogens is 1. The van der Waals surface area contributed by atoms with E-state index in [4.69, 9.17) is 15.2 Å². The van der Waals surface area contributed by atoms with E-state index in [9.17, 15) is 9.18 Å². The molecule has 1 amide bonds. The molecule has 1 saturated heterocycles. The molecule has 1 aromatic rings. The van der Waals surface area contributed by atoms with Gasteiger partial charge in [-0.1, -0.05) is 0 Å². The summed E-state index contributed by atoms with van der Waals surface area (Å²) in [4.78, 5) is 13.9. The highest BCUT2D eigenvalue weighted by atomic mass is 19.1. The zero-order valence-electron chi connectivity index (χ0n) is 12.2. The second-order valence-corrected chi connectivity index (χ2v) is 5.03. The first kappa shape index (κ1) is 15.7. The maximum Gasteiger partial charge on any atom is 0.263 e. The van der Waals surface area contributed by atoms with Crippen LogP contribution in [-0.2, 0) is 16.0 Å². The maximum absolute atomic E-state index is 13.5. The third kappa shape index (κ3) is 4.41. The number of rotatable bonds is 5. The number of carbonyl (C=O) groups is 1. The summed E-state index contributed by atoms with van der Waals surface area (Å²) in [5.41, 5.74) is 6.23. The monoisotopic (exact) mass is 296 g/mol. The SMILES string of the molecule is CC(Oc1cc(F)cc(CCN)c1)C(=O)N1CCOCC1. The van der Waals surface area contributed by atoms with Crippen LogP contribution in [0.25, 0.3) is 0 Å². The van der Waals surface area contributed by atoms with E-state index in [2.05, 4.69) is 0 Å². The summed E-state index contributed by atoms with van der Waals surface area (Å²) in [6.45, 7) is 4.32. The summed E-state index contributed by atoms with van der Waals surface area (Å²) < 4.78 is 24.3. The highest BCUT2D eigenvalue weighted by Gasteiger charge is 2.23. The van der Waals surface area contributed by atoms with E-state index in [1.165, 1.54) is 12.1 Å². The molecule has 0 radical (unpaired) electrons. The normalized spacial score (nSPS) is 16.6. The molecule has 0 spiro atoms. The molecule has 1 atom stereocenters. The van der Waals surface area contributed by atoms with E-state index in [1.807, 2.05) is 0 Å². The molecule has 1 aliphatic heterocycles. The number of hydrogen-bond acceptors (Lipinski definition) is 4. The fourth-order valence-corrected chi connectivity index (χ4v) is 2.30. The summed E-state index contributed by atoms with van der Waals surface area (Å²) in [5.74, 6) is -0.141. The van der Waals surface area contributed by atoms with Crippen molar-refractivity contribution in [3.05, 3.63) is 29.6 Å². The van der Waals surface area contributed by atoms with Crippen LogP contribution in [-0.4, -0.2) is 49.8 Å². The highest BCUT2D eigenvalue weighted by Crippen LogP contribution is 2.19. The van der Waals surface area contributed by atoms with Gasteiger partial charge < -0.3 is 20.1 Å².